The van der Waals surface area contributed by atoms with Crippen LogP contribution in [0.3, 0.4) is 0 Å². The van der Waals surface area contributed by atoms with Crippen molar-refractivity contribution in [3.8, 4) is 0 Å². The van der Waals surface area contributed by atoms with Gasteiger partial charge in [-0.2, -0.15) is 0 Å². The first-order valence-corrected chi connectivity index (χ1v) is 6.66. The summed E-state index contributed by atoms with van der Waals surface area (Å²) in [7, 11) is 0. The molecule has 0 saturated heterocycles. The highest BCUT2D eigenvalue weighted by atomic mass is 127. The van der Waals surface area contributed by atoms with E-state index in [0.29, 0.717) is 3.57 Å². The van der Waals surface area contributed by atoms with Gasteiger partial charge in [0.2, 0.25) is 0 Å². The third-order valence-corrected chi connectivity index (χ3v) is 2.95. The molecule has 0 bridgehead atoms. The SMILES string of the molecule is CC(=O)C(C=NCCO)=C(O)c1cc(I)cc(F)c1F. The second-order valence-electron chi connectivity index (χ2n) is 3.83. The van der Waals surface area contributed by atoms with Crippen molar-refractivity contribution in [3.63, 3.8) is 0 Å². The number of allylic oxidation sites excluding steroid dienone is 1. The fraction of sp³-hybridized carbons (Fsp3) is 0.231. The molecule has 0 radical (unpaired) electrons. The number of carbonyl (C=O) groups is 1. The highest BCUT2D eigenvalue weighted by Gasteiger charge is 2.18. The Morgan fingerprint density at radius 3 is 2.65 bits per heavy atom. The maximum Gasteiger partial charge on any atom is 0.169 e. The van der Waals surface area contributed by atoms with Crippen LogP contribution in [0.2, 0.25) is 0 Å². The zero-order chi connectivity index (χ0) is 15.3. The molecule has 1 aromatic carbocycles. The van der Waals surface area contributed by atoms with Crippen LogP contribution in [0.4, 0.5) is 8.78 Å². The molecule has 1 rings (SSSR count). The number of benzene rings is 1. The minimum atomic E-state index is -1.24. The number of aliphatic hydroxyl groups is 2. The molecule has 2 N–H and O–H groups in total. The number of aliphatic imine (C=N–C) groups is 1. The van der Waals surface area contributed by atoms with Gasteiger partial charge in [0.1, 0.15) is 5.76 Å². The van der Waals surface area contributed by atoms with Crippen LogP contribution in [0.1, 0.15) is 12.5 Å². The van der Waals surface area contributed by atoms with Crippen LogP contribution in [0, 0.1) is 15.2 Å². The summed E-state index contributed by atoms with van der Waals surface area (Å²) >= 11 is 1.76. The molecule has 0 aliphatic rings. The molecular formula is C13H12F2INO3. The van der Waals surface area contributed by atoms with E-state index in [1.54, 1.807) is 22.6 Å². The Balaban J connectivity index is 3.39. The van der Waals surface area contributed by atoms with Crippen molar-refractivity contribution in [1.29, 1.82) is 0 Å². The van der Waals surface area contributed by atoms with Gasteiger partial charge in [0, 0.05) is 9.78 Å². The van der Waals surface area contributed by atoms with Crippen molar-refractivity contribution in [2.24, 2.45) is 4.99 Å². The van der Waals surface area contributed by atoms with Gasteiger partial charge in [-0.15, -0.1) is 0 Å². The van der Waals surface area contributed by atoms with E-state index in [2.05, 4.69) is 4.99 Å². The molecule has 0 saturated carbocycles. The van der Waals surface area contributed by atoms with Gasteiger partial charge in [-0.1, -0.05) is 0 Å². The number of hydrogen-bond donors (Lipinski definition) is 2. The van der Waals surface area contributed by atoms with Gasteiger partial charge < -0.3 is 10.2 Å². The zero-order valence-electron chi connectivity index (χ0n) is 10.5. The van der Waals surface area contributed by atoms with Crippen LogP contribution in [0.15, 0.2) is 22.7 Å². The third-order valence-electron chi connectivity index (χ3n) is 2.33. The van der Waals surface area contributed by atoms with E-state index in [0.717, 1.165) is 12.3 Å². The van der Waals surface area contributed by atoms with E-state index in [9.17, 15) is 18.7 Å². The fourth-order valence-corrected chi connectivity index (χ4v) is 1.99. The molecule has 7 heteroatoms. The first kappa shape index (κ1) is 16.7. The van der Waals surface area contributed by atoms with Gasteiger partial charge in [-0.3, -0.25) is 9.79 Å². The lowest BCUT2D eigenvalue weighted by Crippen LogP contribution is -2.06. The molecule has 1 aromatic rings. The predicted molar refractivity (Wildman–Crippen MR) is 79.7 cm³/mol. The molecule has 108 valence electrons. The standard InChI is InChI=1S/C13H12F2INO3/c1-7(19)10(6-17-2-3-18)13(20)9-4-8(16)5-11(14)12(9)15/h4-6,18,20H,2-3H2,1H3. The van der Waals surface area contributed by atoms with Crippen molar-refractivity contribution in [1.82, 2.24) is 0 Å². The average Bonchev–Trinajstić information content (AvgIpc) is 2.37. The minimum Gasteiger partial charge on any atom is -0.506 e. The van der Waals surface area contributed by atoms with Crippen LogP contribution in [0.5, 0.6) is 0 Å². The summed E-state index contributed by atoms with van der Waals surface area (Å²) in [6.07, 6.45) is 1.03. The Hall–Kier alpha value is -1.35. The number of nitrogens with zero attached hydrogens (tertiary/aromatic N) is 1. The molecule has 0 aliphatic carbocycles. The summed E-state index contributed by atoms with van der Waals surface area (Å²) < 4.78 is 27.4. The first-order valence-electron chi connectivity index (χ1n) is 5.58. The monoisotopic (exact) mass is 395 g/mol. The molecule has 20 heavy (non-hydrogen) atoms. The van der Waals surface area contributed by atoms with Crippen LogP contribution in [-0.4, -0.2) is 35.4 Å². The summed E-state index contributed by atoms with van der Waals surface area (Å²) in [6, 6.07) is 2.19. The lowest BCUT2D eigenvalue weighted by Gasteiger charge is -2.07. The number of halogens is 3. The van der Waals surface area contributed by atoms with Crippen molar-refractivity contribution >= 4 is 40.3 Å². The van der Waals surface area contributed by atoms with E-state index in [1.165, 1.54) is 13.0 Å². The first-order chi connectivity index (χ1) is 9.38. The van der Waals surface area contributed by atoms with Gasteiger partial charge >= 0.3 is 0 Å². The molecular weight excluding hydrogens is 383 g/mol. The zero-order valence-corrected chi connectivity index (χ0v) is 12.7. The summed E-state index contributed by atoms with van der Waals surface area (Å²) in [6.45, 7) is 0.973. The summed E-state index contributed by atoms with van der Waals surface area (Å²) in [4.78, 5) is 15.1. The normalized spacial score (nSPS) is 12.7. The quantitative estimate of drug-likeness (QED) is 0.265. The van der Waals surface area contributed by atoms with E-state index in [1.807, 2.05) is 0 Å². The number of rotatable bonds is 5. The highest BCUT2D eigenvalue weighted by Crippen LogP contribution is 2.24. The molecule has 0 aromatic heterocycles. The highest BCUT2D eigenvalue weighted by molar-refractivity contribution is 14.1. The van der Waals surface area contributed by atoms with Crippen LogP contribution in [0.25, 0.3) is 5.76 Å². The van der Waals surface area contributed by atoms with Crippen molar-refractivity contribution in [3.05, 3.63) is 38.5 Å². The van der Waals surface area contributed by atoms with Crippen LogP contribution in [-0.2, 0) is 4.79 Å². The largest absolute Gasteiger partial charge is 0.506 e. The number of hydrogen-bond acceptors (Lipinski definition) is 4. The van der Waals surface area contributed by atoms with E-state index >= 15 is 0 Å². The average molecular weight is 395 g/mol. The molecule has 0 atom stereocenters. The van der Waals surface area contributed by atoms with E-state index in [4.69, 9.17) is 5.11 Å². The number of carbonyl (C=O) groups excluding carboxylic acids is 1. The number of aliphatic hydroxyl groups excluding tert-OH is 2. The Morgan fingerprint density at radius 2 is 2.10 bits per heavy atom. The van der Waals surface area contributed by atoms with Gasteiger partial charge in [-0.25, -0.2) is 8.78 Å². The molecule has 0 amide bonds. The summed E-state index contributed by atoms with van der Waals surface area (Å²) in [5.41, 5.74) is -0.659. The molecule has 0 unspecified atom stereocenters. The molecule has 4 nitrogen and oxygen atoms in total. The predicted octanol–water partition coefficient (Wildman–Crippen LogP) is 2.49. The maximum absolute atomic E-state index is 13.7. The van der Waals surface area contributed by atoms with Gasteiger partial charge in [0.15, 0.2) is 17.4 Å². The lowest BCUT2D eigenvalue weighted by atomic mass is 10.1. The molecule has 0 spiro atoms. The Morgan fingerprint density at radius 1 is 1.45 bits per heavy atom. The van der Waals surface area contributed by atoms with Crippen LogP contribution >= 0.6 is 22.6 Å². The van der Waals surface area contributed by atoms with Crippen molar-refractivity contribution in [2.75, 3.05) is 13.2 Å². The second kappa shape index (κ2) is 7.44. The Labute approximate surface area is 128 Å². The number of ketones is 1. The van der Waals surface area contributed by atoms with Crippen molar-refractivity contribution < 1.29 is 23.8 Å². The van der Waals surface area contributed by atoms with Crippen molar-refractivity contribution in [2.45, 2.75) is 6.92 Å². The van der Waals surface area contributed by atoms with Crippen LogP contribution < -0.4 is 0 Å². The minimum absolute atomic E-state index is 0.0349. The Kier molecular flexibility index (Phi) is 6.21. The lowest BCUT2D eigenvalue weighted by molar-refractivity contribution is -0.113. The molecule has 0 aliphatic heterocycles. The summed E-state index contributed by atoms with van der Waals surface area (Å²) in [5, 5.41) is 18.6. The maximum atomic E-state index is 13.7. The molecule has 0 fully saturated rings. The summed E-state index contributed by atoms with van der Waals surface area (Å²) in [5.74, 6) is -3.59. The molecule has 0 heterocycles. The second-order valence-corrected chi connectivity index (χ2v) is 5.07. The smallest absolute Gasteiger partial charge is 0.169 e. The van der Waals surface area contributed by atoms with Gasteiger partial charge in [-0.05, 0) is 41.6 Å². The topological polar surface area (TPSA) is 69.9 Å². The number of Topliss-reactive ketones (excluding diaryl/α,β-unsaturated/α-hetero) is 1. The third kappa shape index (κ3) is 4.07. The van der Waals surface area contributed by atoms with E-state index < -0.39 is 28.7 Å². The van der Waals surface area contributed by atoms with Gasteiger partial charge in [0.05, 0.1) is 24.3 Å². The fourth-order valence-electron chi connectivity index (χ4n) is 1.41. The van der Waals surface area contributed by atoms with E-state index in [-0.39, 0.29) is 18.7 Å². The van der Waals surface area contributed by atoms with Gasteiger partial charge in [0.25, 0.3) is 0 Å². The Bertz CT molecular complexity index is 585.